The first-order valence-corrected chi connectivity index (χ1v) is 4.32. The molecule has 0 amide bonds. The van der Waals surface area contributed by atoms with Crippen LogP contribution < -0.4 is 5.32 Å². The van der Waals surface area contributed by atoms with Crippen LogP contribution in [0, 0.1) is 0 Å². The molecule has 0 saturated heterocycles. The molecule has 0 radical (unpaired) electrons. The first kappa shape index (κ1) is 7.77. The third-order valence-corrected chi connectivity index (χ3v) is 2.39. The molecule has 1 aliphatic heterocycles. The summed E-state index contributed by atoms with van der Waals surface area (Å²) < 4.78 is 0. The van der Waals surface area contributed by atoms with E-state index in [4.69, 9.17) is 5.11 Å². The molecule has 1 aliphatic carbocycles. The topological polar surface area (TPSA) is 32.3 Å². The Morgan fingerprint density at radius 1 is 1.42 bits per heavy atom. The number of aliphatic hydroxyl groups excluding tert-OH is 1. The van der Waals surface area contributed by atoms with Crippen LogP contribution in [-0.4, -0.2) is 24.3 Å². The summed E-state index contributed by atoms with van der Waals surface area (Å²) in [5.41, 5.74) is 2.31. The molecule has 0 saturated carbocycles. The van der Waals surface area contributed by atoms with E-state index in [1.54, 1.807) is 0 Å². The number of nitrogens with one attached hydrogen (secondary N) is 1. The summed E-state index contributed by atoms with van der Waals surface area (Å²) in [4.78, 5) is 0. The van der Waals surface area contributed by atoms with Crippen molar-refractivity contribution in [2.75, 3.05) is 13.2 Å². The molecule has 12 heavy (non-hydrogen) atoms. The molecule has 0 unspecified atom stereocenters. The minimum Gasteiger partial charge on any atom is -0.392 e. The van der Waals surface area contributed by atoms with Gasteiger partial charge in [-0.1, -0.05) is 24.3 Å². The van der Waals surface area contributed by atoms with Crippen molar-refractivity contribution in [3.05, 3.63) is 35.5 Å². The van der Waals surface area contributed by atoms with Crippen molar-refractivity contribution < 1.29 is 5.11 Å². The fraction of sp³-hybridized carbons (Fsp3) is 0.400. The molecule has 2 nitrogen and oxygen atoms in total. The molecule has 0 aromatic heterocycles. The number of hydrogen-bond donors (Lipinski definition) is 2. The molecule has 64 valence electrons. The molecule has 2 heteroatoms. The van der Waals surface area contributed by atoms with Crippen LogP contribution in [-0.2, 0) is 0 Å². The molecule has 0 bridgehead atoms. The second-order valence-corrected chi connectivity index (χ2v) is 3.14. The maximum Gasteiger partial charge on any atom is 0.0685 e. The molecule has 2 aliphatic rings. The molecular formula is C10H13NO. The predicted molar refractivity (Wildman–Crippen MR) is 48.8 cm³/mol. The summed E-state index contributed by atoms with van der Waals surface area (Å²) >= 11 is 0. The van der Waals surface area contributed by atoms with Gasteiger partial charge in [-0.25, -0.2) is 0 Å². The molecule has 1 heterocycles. The van der Waals surface area contributed by atoms with Gasteiger partial charge in [-0.3, -0.25) is 0 Å². The maximum atomic E-state index is 9.06. The van der Waals surface area contributed by atoms with E-state index in [1.807, 2.05) is 6.08 Å². The van der Waals surface area contributed by atoms with Gasteiger partial charge in [0.2, 0.25) is 0 Å². The van der Waals surface area contributed by atoms with Crippen molar-refractivity contribution in [2.45, 2.75) is 12.5 Å². The fourth-order valence-corrected chi connectivity index (χ4v) is 1.75. The van der Waals surface area contributed by atoms with Crippen molar-refractivity contribution in [3.8, 4) is 0 Å². The lowest BCUT2D eigenvalue weighted by Crippen LogP contribution is -2.35. The summed E-state index contributed by atoms with van der Waals surface area (Å²) in [7, 11) is 0. The van der Waals surface area contributed by atoms with Crippen LogP contribution in [0.25, 0.3) is 0 Å². The third-order valence-electron chi connectivity index (χ3n) is 2.39. The standard InChI is InChI=1S/C10H13NO/c12-7-8-3-1-5-10-9(8)4-2-6-11-10/h1-4,10-12H,5-7H2/t10-/m1/s1. The van der Waals surface area contributed by atoms with Crippen LogP contribution in [0.15, 0.2) is 35.5 Å². The maximum absolute atomic E-state index is 9.06. The minimum absolute atomic E-state index is 0.147. The number of aliphatic hydroxyl groups is 1. The van der Waals surface area contributed by atoms with Crippen LogP contribution in [0.4, 0.5) is 0 Å². The van der Waals surface area contributed by atoms with Gasteiger partial charge in [0.1, 0.15) is 0 Å². The highest BCUT2D eigenvalue weighted by molar-refractivity contribution is 5.42. The van der Waals surface area contributed by atoms with Crippen LogP contribution in [0.2, 0.25) is 0 Å². The highest BCUT2D eigenvalue weighted by atomic mass is 16.3. The molecule has 0 aromatic carbocycles. The first-order chi connectivity index (χ1) is 5.92. The molecular weight excluding hydrogens is 150 g/mol. The van der Waals surface area contributed by atoms with Crippen LogP contribution >= 0.6 is 0 Å². The van der Waals surface area contributed by atoms with E-state index in [0.29, 0.717) is 6.04 Å². The Hall–Kier alpha value is -0.860. The van der Waals surface area contributed by atoms with Gasteiger partial charge >= 0.3 is 0 Å². The summed E-state index contributed by atoms with van der Waals surface area (Å²) in [6.45, 7) is 1.09. The van der Waals surface area contributed by atoms with Crippen molar-refractivity contribution >= 4 is 0 Å². The third kappa shape index (κ3) is 1.24. The van der Waals surface area contributed by atoms with Gasteiger partial charge in [0.15, 0.2) is 0 Å². The van der Waals surface area contributed by atoms with E-state index < -0.39 is 0 Å². The molecule has 0 fully saturated rings. The Labute approximate surface area is 72.3 Å². The summed E-state index contributed by atoms with van der Waals surface area (Å²) in [5, 5.41) is 12.4. The number of rotatable bonds is 1. The Kier molecular flexibility index (Phi) is 2.11. The molecule has 1 atom stereocenters. The second-order valence-electron chi connectivity index (χ2n) is 3.14. The summed E-state index contributed by atoms with van der Waals surface area (Å²) in [6, 6.07) is 0.433. The Bertz CT molecular complexity index is 263. The van der Waals surface area contributed by atoms with Crippen molar-refractivity contribution in [1.82, 2.24) is 5.32 Å². The summed E-state index contributed by atoms with van der Waals surface area (Å²) in [6.07, 6.45) is 9.40. The summed E-state index contributed by atoms with van der Waals surface area (Å²) in [5.74, 6) is 0. The average Bonchev–Trinajstić information content (AvgIpc) is 2.17. The molecule has 0 aromatic rings. The molecule has 2 rings (SSSR count). The van der Waals surface area contributed by atoms with Crippen molar-refractivity contribution in [3.63, 3.8) is 0 Å². The largest absolute Gasteiger partial charge is 0.392 e. The molecule has 0 spiro atoms. The normalized spacial score (nSPS) is 27.6. The average molecular weight is 163 g/mol. The van der Waals surface area contributed by atoms with Gasteiger partial charge in [0.05, 0.1) is 6.61 Å². The second kappa shape index (κ2) is 3.25. The van der Waals surface area contributed by atoms with E-state index in [-0.39, 0.29) is 6.61 Å². The SMILES string of the molecule is OCC1=C2C=CCN[C@@H]2CC=C1. The van der Waals surface area contributed by atoms with Gasteiger partial charge in [0.25, 0.3) is 0 Å². The monoisotopic (exact) mass is 163 g/mol. The van der Waals surface area contributed by atoms with E-state index in [2.05, 4.69) is 23.5 Å². The Morgan fingerprint density at radius 2 is 2.33 bits per heavy atom. The van der Waals surface area contributed by atoms with Gasteiger partial charge in [0, 0.05) is 12.6 Å². The van der Waals surface area contributed by atoms with E-state index >= 15 is 0 Å². The zero-order chi connectivity index (χ0) is 8.39. The van der Waals surface area contributed by atoms with Crippen LogP contribution in [0.3, 0.4) is 0 Å². The highest BCUT2D eigenvalue weighted by Gasteiger charge is 2.18. The van der Waals surface area contributed by atoms with Gasteiger partial charge in [-0.2, -0.15) is 0 Å². The minimum atomic E-state index is 0.147. The van der Waals surface area contributed by atoms with Crippen LogP contribution in [0.1, 0.15) is 6.42 Å². The first-order valence-electron chi connectivity index (χ1n) is 4.32. The molecule has 2 N–H and O–H groups in total. The smallest absolute Gasteiger partial charge is 0.0685 e. The van der Waals surface area contributed by atoms with Crippen molar-refractivity contribution in [1.29, 1.82) is 0 Å². The van der Waals surface area contributed by atoms with Gasteiger partial charge < -0.3 is 10.4 Å². The quantitative estimate of drug-likeness (QED) is 0.598. The lowest BCUT2D eigenvalue weighted by Gasteiger charge is -2.26. The van der Waals surface area contributed by atoms with E-state index in [0.717, 1.165) is 18.5 Å². The number of hydrogen-bond acceptors (Lipinski definition) is 2. The van der Waals surface area contributed by atoms with Crippen molar-refractivity contribution in [2.24, 2.45) is 0 Å². The number of fused-ring (bicyclic) bond motifs is 1. The zero-order valence-electron chi connectivity index (χ0n) is 6.96. The Balaban J connectivity index is 2.35. The lowest BCUT2D eigenvalue weighted by atomic mass is 9.91. The van der Waals surface area contributed by atoms with E-state index in [1.165, 1.54) is 5.57 Å². The Morgan fingerprint density at radius 3 is 3.17 bits per heavy atom. The van der Waals surface area contributed by atoms with Gasteiger partial charge in [-0.05, 0) is 17.6 Å². The van der Waals surface area contributed by atoms with Gasteiger partial charge in [-0.15, -0.1) is 0 Å². The zero-order valence-corrected chi connectivity index (χ0v) is 6.96. The van der Waals surface area contributed by atoms with Crippen LogP contribution in [0.5, 0.6) is 0 Å². The lowest BCUT2D eigenvalue weighted by molar-refractivity contribution is 0.332. The van der Waals surface area contributed by atoms with E-state index in [9.17, 15) is 0 Å². The fourth-order valence-electron chi connectivity index (χ4n) is 1.75. The highest BCUT2D eigenvalue weighted by Crippen LogP contribution is 2.22. The predicted octanol–water partition coefficient (Wildman–Crippen LogP) is 0.763.